The predicted octanol–water partition coefficient (Wildman–Crippen LogP) is 7.44. The Bertz CT molecular complexity index is 671. The van der Waals surface area contributed by atoms with Gasteiger partial charge in [0.2, 0.25) is 0 Å². The Morgan fingerprint density at radius 1 is 0.879 bits per heavy atom. The number of benzene rings is 1. The highest BCUT2D eigenvalue weighted by Crippen LogP contribution is 2.24. The zero-order valence-corrected chi connectivity index (χ0v) is 22.5. The SMILES string of the molecule is CCCCCCCCCCCCCCCCOc1ccc(OC)cc1C(=O)NNC(=S)SC. The molecule has 1 aromatic rings. The van der Waals surface area contributed by atoms with Gasteiger partial charge in [0, 0.05) is 0 Å². The van der Waals surface area contributed by atoms with Gasteiger partial charge in [-0.15, -0.1) is 0 Å². The van der Waals surface area contributed by atoms with Crippen LogP contribution in [0.4, 0.5) is 0 Å². The molecular formula is C26H44N2O3S2. The van der Waals surface area contributed by atoms with Crippen LogP contribution in [0, 0.1) is 0 Å². The fourth-order valence-corrected chi connectivity index (χ4v) is 3.85. The van der Waals surface area contributed by atoms with Crippen molar-refractivity contribution in [3.05, 3.63) is 23.8 Å². The molecule has 0 aromatic heterocycles. The molecule has 0 bridgehead atoms. The second-order valence-corrected chi connectivity index (χ2v) is 9.86. The lowest BCUT2D eigenvalue weighted by Crippen LogP contribution is -2.39. The van der Waals surface area contributed by atoms with Crippen LogP contribution < -0.4 is 20.3 Å². The van der Waals surface area contributed by atoms with Crippen LogP contribution in [0.3, 0.4) is 0 Å². The van der Waals surface area contributed by atoms with Crippen LogP contribution in [0.15, 0.2) is 18.2 Å². The van der Waals surface area contributed by atoms with Crippen molar-refractivity contribution < 1.29 is 14.3 Å². The first-order chi connectivity index (χ1) is 16.1. The monoisotopic (exact) mass is 496 g/mol. The van der Waals surface area contributed by atoms with Gasteiger partial charge in [0.15, 0.2) is 4.32 Å². The summed E-state index contributed by atoms with van der Waals surface area (Å²) in [5.74, 6) is 0.859. The smallest absolute Gasteiger partial charge is 0.273 e. The van der Waals surface area contributed by atoms with E-state index < -0.39 is 0 Å². The number of hydrogen-bond acceptors (Lipinski definition) is 5. The summed E-state index contributed by atoms with van der Waals surface area (Å²) in [6.07, 6.45) is 20.4. The molecule has 0 aliphatic rings. The van der Waals surface area contributed by atoms with Gasteiger partial charge in [-0.25, -0.2) is 0 Å². The number of thiocarbonyl (C=S) groups is 1. The topological polar surface area (TPSA) is 59.6 Å². The van der Waals surface area contributed by atoms with E-state index in [1.165, 1.54) is 88.8 Å². The van der Waals surface area contributed by atoms with Crippen molar-refractivity contribution in [3.63, 3.8) is 0 Å². The number of thioether (sulfide) groups is 1. The second kappa shape index (κ2) is 20.0. The number of unbranched alkanes of at least 4 members (excludes halogenated alkanes) is 13. The quantitative estimate of drug-likeness (QED) is 0.125. The molecule has 5 nitrogen and oxygen atoms in total. The number of carbonyl (C=O) groups excluding carboxylic acids is 1. The summed E-state index contributed by atoms with van der Waals surface area (Å²) >= 11 is 6.42. The summed E-state index contributed by atoms with van der Waals surface area (Å²) in [7, 11) is 1.58. The standard InChI is InChI=1S/C26H44N2O3S2/c1-4-5-6-7-8-9-10-11-12-13-14-15-16-17-20-31-24-19-18-22(30-2)21-23(24)25(29)27-28-26(32)33-3/h18-19,21H,4-17,20H2,1-3H3,(H,27,29)(H,28,32). The number of hydrogen-bond donors (Lipinski definition) is 2. The van der Waals surface area contributed by atoms with Crippen LogP contribution in [0.2, 0.25) is 0 Å². The van der Waals surface area contributed by atoms with Gasteiger partial charge in [0.05, 0.1) is 19.3 Å². The largest absolute Gasteiger partial charge is 0.497 e. The molecular weight excluding hydrogens is 452 g/mol. The van der Waals surface area contributed by atoms with Crippen LogP contribution in [0.5, 0.6) is 11.5 Å². The van der Waals surface area contributed by atoms with E-state index in [1.54, 1.807) is 25.3 Å². The Balaban J connectivity index is 2.17. The molecule has 0 saturated carbocycles. The van der Waals surface area contributed by atoms with Gasteiger partial charge in [-0.3, -0.25) is 15.6 Å². The molecule has 1 rings (SSSR count). The molecule has 7 heteroatoms. The highest BCUT2D eigenvalue weighted by Gasteiger charge is 2.14. The minimum atomic E-state index is -0.304. The van der Waals surface area contributed by atoms with Gasteiger partial charge in [0.25, 0.3) is 5.91 Å². The van der Waals surface area contributed by atoms with E-state index in [2.05, 4.69) is 17.8 Å². The number of methoxy groups -OCH3 is 1. The minimum Gasteiger partial charge on any atom is -0.497 e. The third-order valence-corrected chi connectivity index (χ3v) is 6.73. The van der Waals surface area contributed by atoms with Crippen molar-refractivity contribution in [1.29, 1.82) is 0 Å². The van der Waals surface area contributed by atoms with Crippen LogP contribution >= 0.6 is 24.0 Å². The highest BCUT2D eigenvalue weighted by atomic mass is 32.2. The lowest BCUT2D eigenvalue weighted by molar-refractivity contribution is 0.0940. The molecule has 0 radical (unpaired) electrons. The maximum absolute atomic E-state index is 12.5. The normalized spacial score (nSPS) is 10.6. The van der Waals surface area contributed by atoms with Crippen molar-refractivity contribution >= 4 is 34.2 Å². The van der Waals surface area contributed by atoms with Gasteiger partial charge in [-0.1, -0.05) is 114 Å². The van der Waals surface area contributed by atoms with E-state index in [4.69, 9.17) is 21.7 Å². The van der Waals surface area contributed by atoms with Gasteiger partial charge >= 0.3 is 0 Å². The van der Waals surface area contributed by atoms with Crippen LogP contribution in [-0.2, 0) is 0 Å². The zero-order chi connectivity index (χ0) is 24.2. The number of carbonyl (C=O) groups is 1. The highest BCUT2D eigenvalue weighted by molar-refractivity contribution is 8.22. The zero-order valence-electron chi connectivity index (χ0n) is 20.9. The van der Waals surface area contributed by atoms with E-state index in [9.17, 15) is 4.79 Å². The lowest BCUT2D eigenvalue weighted by atomic mass is 10.0. The summed E-state index contributed by atoms with van der Waals surface area (Å²) in [6.45, 7) is 2.87. The number of nitrogens with one attached hydrogen (secondary N) is 2. The summed E-state index contributed by atoms with van der Waals surface area (Å²) in [4.78, 5) is 12.5. The van der Waals surface area contributed by atoms with Gasteiger partial charge in [0.1, 0.15) is 11.5 Å². The van der Waals surface area contributed by atoms with Crippen LogP contribution in [0.1, 0.15) is 107 Å². The number of ether oxygens (including phenoxy) is 2. The first-order valence-electron chi connectivity index (χ1n) is 12.6. The maximum atomic E-state index is 12.5. The molecule has 33 heavy (non-hydrogen) atoms. The summed E-state index contributed by atoms with van der Waals surface area (Å²) in [6, 6.07) is 5.27. The molecule has 0 saturated heterocycles. The average molecular weight is 497 g/mol. The molecule has 0 unspecified atom stereocenters. The van der Waals surface area contributed by atoms with E-state index in [-0.39, 0.29) is 5.91 Å². The number of hydrazine groups is 1. The fraction of sp³-hybridized carbons (Fsp3) is 0.692. The maximum Gasteiger partial charge on any atom is 0.273 e. The summed E-state index contributed by atoms with van der Waals surface area (Å²) < 4.78 is 11.7. The first-order valence-corrected chi connectivity index (χ1v) is 14.2. The summed E-state index contributed by atoms with van der Waals surface area (Å²) in [5, 5.41) is 0. The van der Waals surface area contributed by atoms with Crippen molar-refractivity contribution in [2.24, 2.45) is 0 Å². The first kappa shape index (κ1) is 29.6. The Kier molecular flexibility index (Phi) is 17.9. The van der Waals surface area contributed by atoms with Gasteiger partial charge in [-0.05, 0) is 30.9 Å². The second-order valence-electron chi connectivity index (χ2n) is 8.38. The molecule has 0 fully saturated rings. The minimum absolute atomic E-state index is 0.304. The molecule has 0 aliphatic heterocycles. The lowest BCUT2D eigenvalue weighted by Gasteiger charge is -2.14. The van der Waals surface area contributed by atoms with Crippen molar-refractivity contribution in [3.8, 4) is 11.5 Å². The third kappa shape index (κ3) is 14.4. The van der Waals surface area contributed by atoms with Crippen molar-refractivity contribution in [2.45, 2.75) is 96.8 Å². The predicted molar refractivity (Wildman–Crippen MR) is 146 cm³/mol. The molecule has 0 atom stereocenters. The molecule has 1 amide bonds. The Labute approximate surface area is 211 Å². The van der Waals surface area contributed by atoms with E-state index >= 15 is 0 Å². The Hall–Kier alpha value is -1.47. The van der Waals surface area contributed by atoms with Gasteiger partial charge in [-0.2, -0.15) is 0 Å². The summed E-state index contributed by atoms with van der Waals surface area (Å²) in [5.41, 5.74) is 5.75. The third-order valence-electron chi connectivity index (χ3n) is 5.65. The van der Waals surface area contributed by atoms with Crippen molar-refractivity contribution in [1.82, 2.24) is 10.9 Å². The van der Waals surface area contributed by atoms with Gasteiger partial charge < -0.3 is 9.47 Å². The number of amides is 1. The molecule has 0 spiro atoms. The van der Waals surface area contributed by atoms with Crippen molar-refractivity contribution in [2.75, 3.05) is 20.0 Å². The molecule has 188 valence electrons. The fourth-order valence-electron chi connectivity index (χ4n) is 3.64. The van der Waals surface area contributed by atoms with E-state index in [1.807, 2.05) is 6.26 Å². The molecule has 1 aromatic carbocycles. The average Bonchev–Trinajstić information content (AvgIpc) is 2.84. The Morgan fingerprint density at radius 2 is 1.42 bits per heavy atom. The molecule has 2 N–H and O–H groups in total. The molecule has 0 aliphatic carbocycles. The van der Waals surface area contributed by atoms with E-state index in [0.29, 0.717) is 28.0 Å². The Morgan fingerprint density at radius 3 is 1.94 bits per heavy atom. The van der Waals surface area contributed by atoms with E-state index in [0.717, 1.165) is 12.8 Å². The van der Waals surface area contributed by atoms with Crippen LogP contribution in [0.25, 0.3) is 0 Å². The molecule has 0 heterocycles. The number of rotatable bonds is 18. The van der Waals surface area contributed by atoms with Crippen LogP contribution in [-0.4, -0.2) is 30.2 Å².